The van der Waals surface area contributed by atoms with Crippen LogP contribution in [0.15, 0.2) is 79.9 Å². The topological polar surface area (TPSA) is 81.2 Å². The van der Waals surface area contributed by atoms with E-state index in [2.05, 4.69) is 29.1 Å². The largest absolute Gasteiger partial charge is 0.396 e. The average molecular weight is 659 g/mol. The molecule has 6 atom stereocenters. The highest BCUT2D eigenvalue weighted by atomic mass is 79.9. The molecule has 0 aliphatic carbocycles. The lowest BCUT2D eigenvalue weighted by Gasteiger charge is -2.38. The van der Waals surface area contributed by atoms with Gasteiger partial charge in [-0.25, -0.2) is 0 Å². The zero-order chi connectivity index (χ0) is 29.3. The fourth-order valence-corrected chi connectivity index (χ4v) is 10.5. The molecular formula is C31H33BrClN3O4S. The third-order valence-electron chi connectivity index (χ3n) is 8.23. The molecule has 41 heavy (non-hydrogen) atoms. The molecule has 3 aliphatic rings. The Hall–Kier alpha value is -2.59. The monoisotopic (exact) mass is 657 g/mol. The summed E-state index contributed by atoms with van der Waals surface area (Å²) in [4.78, 5) is 48.1. The number of carbonyl (C=O) groups is 3. The van der Waals surface area contributed by atoms with Gasteiger partial charge in [0.2, 0.25) is 11.8 Å². The van der Waals surface area contributed by atoms with Gasteiger partial charge in [-0.15, -0.1) is 24.9 Å². The van der Waals surface area contributed by atoms with Gasteiger partial charge >= 0.3 is 0 Å². The number of para-hydroxylation sites is 2. The first kappa shape index (κ1) is 29.9. The van der Waals surface area contributed by atoms with Crippen molar-refractivity contribution in [1.29, 1.82) is 0 Å². The highest BCUT2D eigenvalue weighted by Gasteiger charge is 2.76. The first-order valence-electron chi connectivity index (χ1n) is 13.7. The van der Waals surface area contributed by atoms with Crippen LogP contribution in [0.5, 0.6) is 0 Å². The Kier molecular flexibility index (Phi) is 8.99. The summed E-state index contributed by atoms with van der Waals surface area (Å²) in [6.45, 7) is 8.30. The van der Waals surface area contributed by atoms with Crippen LogP contribution in [0.4, 0.5) is 11.4 Å². The Morgan fingerprint density at radius 2 is 1.73 bits per heavy atom. The fourth-order valence-electron chi connectivity index (χ4n) is 6.67. The third-order valence-corrected chi connectivity index (χ3v) is 11.8. The maximum absolute atomic E-state index is 14.6. The maximum atomic E-state index is 14.6. The highest BCUT2D eigenvalue weighted by molar-refractivity contribution is 9.09. The molecule has 2 aromatic carbocycles. The fraction of sp³-hybridized carbons (Fsp3) is 0.387. The quantitative estimate of drug-likeness (QED) is 0.274. The van der Waals surface area contributed by atoms with Crippen LogP contribution in [0, 0.1) is 11.8 Å². The van der Waals surface area contributed by atoms with Crippen molar-refractivity contribution < 1.29 is 19.5 Å². The Labute approximate surface area is 258 Å². The Morgan fingerprint density at radius 1 is 1.07 bits per heavy atom. The number of alkyl halides is 1. The lowest BCUT2D eigenvalue weighted by molar-refractivity contribution is -0.139. The van der Waals surface area contributed by atoms with E-state index in [4.69, 9.17) is 11.6 Å². The van der Waals surface area contributed by atoms with Crippen LogP contribution in [-0.4, -0.2) is 74.8 Å². The van der Waals surface area contributed by atoms with Gasteiger partial charge in [-0.05, 0) is 37.1 Å². The summed E-state index contributed by atoms with van der Waals surface area (Å²) in [6.07, 6.45) is 4.20. The molecule has 7 nitrogen and oxygen atoms in total. The number of amides is 3. The Morgan fingerprint density at radius 3 is 2.39 bits per heavy atom. The van der Waals surface area contributed by atoms with Crippen LogP contribution in [0.2, 0.25) is 5.02 Å². The number of likely N-dealkylation sites (tertiary alicyclic amines) is 1. The molecule has 0 aromatic heterocycles. The zero-order valence-corrected chi connectivity index (χ0v) is 25.7. The molecule has 1 spiro atoms. The molecule has 5 rings (SSSR count). The lowest BCUT2D eigenvalue weighted by Crippen LogP contribution is -2.56. The number of fused-ring (bicyclic) bond motifs is 1. The summed E-state index contributed by atoms with van der Waals surface area (Å²) in [5, 5.41) is 9.90. The van der Waals surface area contributed by atoms with E-state index in [-0.39, 0.29) is 47.5 Å². The van der Waals surface area contributed by atoms with Gasteiger partial charge in [-0.1, -0.05) is 70.0 Å². The van der Waals surface area contributed by atoms with E-state index < -0.39 is 22.6 Å². The third kappa shape index (κ3) is 5.05. The van der Waals surface area contributed by atoms with Crippen LogP contribution in [0.1, 0.15) is 12.8 Å². The van der Waals surface area contributed by atoms with Crippen LogP contribution >= 0.6 is 39.3 Å². The predicted octanol–water partition coefficient (Wildman–Crippen LogP) is 4.93. The van der Waals surface area contributed by atoms with Crippen LogP contribution in [0.25, 0.3) is 0 Å². The Bertz CT molecular complexity index is 1350. The number of hydrogen-bond donors (Lipinski definition) is 1. The van der Waals surface area contributed by atoms with Crippen molar-refractivity contribution in [2.75, 3.05) is 36.0 Å². The number of aliphatic hydroxyl groups excluding tert-OH is 1. The van der Waals surface area contributed by atoms with Gasteiger partial charge in [0.25, 0.3) is 5.91 Å². The van der Waals surface area contributed by atoms with Gasteiger partial charge in [0.15, 0.2) is 0 Å². The predicted molar refractivity (Wildman–Crippen MR) is 169 cm³/mol. The van der Waals surface area contributed by atoms with E-state index in [0.29, 0.717) is 30.1 Å². The molecule has 3 heterocycles. The number of nitrogens with zero attached hydrogens (tertiary/aromatic N) is 3. The summed E-state index contributed by atoms with van der Waals surface area (Å²) in [5.74, 6) is -1.94. The van der Waals surface area contributed by atoms with Crippen molar-refractivity contribution in [3.8, 4) is 0 Å². The molecule has 3 fully saturated rings. The number of hydrogen-bond acceptors (Lipinski definition) is 5. The molecule has 3 amide bonds. The number of aliphatic hydroxyl groups is 1. The normalized spacial score (nSPS) is 27.9. The van der Waals surface area contributed by atoms with Crippen LogP contribution < -0.4 is 9.80 Å². The SMILES string of the molecule is C=CCN(C(=O)[C@H]1[C@@H]2SC3(CC2Br)C(C(=O)N(CC=C)c2ccccc2Cl)N(CCCO)C(=O)[C@H]13)c1ccccc1. The minimum absolute atomic E-state index is 0.0619. The molecule has 2 aromatic rings. The molecule has 3 saturated heterocycles. The number of benzene rings is 2. The number of rotatable bonds is 11. The summed E-state index contributed by atoms with van der Waals surface area (Å²) in [6, 6.07) is 15.7. The van der Waals surface area contributed by atoms with E-state index in [1.54, 1.807) is 56.8 Å². The molecule has 10 heteroatoms. The van der Waals surface area contributed by atoms with Gasteiger partial charge < -0.3 is 19.8 Å². The number of anilines is 2. The first-order chi connectivity index (χ1) is 19.8. The summed E-state index contributed by atoms with van der Waals surface area (Å²) >= 11 is 12.0. The molecule has 1 N–H and O–H groups in total. The summed E-state index contributed by atoms with van der Waals surface area (Å²) < 4.78 is -0.819. The minimum Gasteiger partial charge on any atom is -0.396 e. The van der Waals surface area contributed by atoms with Gasteiger partial charge in [0.1, 0.15) is 6.04 Å². The molecular weight excluding hydrogens is 626 g/mol. The second-order valence-electron chi connectivity index (χ2n) is 10.5. The Balaban J connectivity index is 1.59. The highest BCUT2D eigenvalue weighted by Crippen LogP contribution is 2.68. The van der Waals surface area contributed by atoms with Gasteiger partial charge in [-0.3, -0.25) is 14.4 Å². The van der Waals surface area contributed by atoms with Crippen molar-refractivity contribution in [1.82, 2.24) is 4.90 Å². The number of carbonyl (C=O) groups excluding carboxylic acids is 3. The van der Waals surface area contributed by atoms with E-state index >= 15 is 0 Å². The van der Waals surface area contributed by atoms with Gasteiger partial charge in [0, 0.05) is 42.0 Å². The van der Waals surface area contributed by atoms with Gasteiger partial charge in [-0.2, -0.15) is 0 Å². The molecule has 3 unspecified atom stereocenters. The van der Waals surface area contributed by atoms with E-state index in [1.165, 1.54) is 0 Å². The van der Waals surface area contributed by atoms with E-state index in [1.807, 2.05) is 36.4 Å². The average Bonchev–Trinajstić information content (AvgIpc) is 3.57. The smallest absolute Gasteiger partial charge is 0.251 e. The molecule has 0 saturated carbocycles. The van der Waals surface area contributed by atoms with Crippen LogP contribution in [0.3, 0.4) is 0 Å². The van der Waals surface area contributed by atoms with E-state index in [9.17, 15) is 19.5 Å². The first-order valence-corrected chi connectivity index (χ1v) is 15.9. The van der Waals surface area contributed by atoms with Crippen molar-refractivity contribution in [2.24, 2.45) is 11.8 Å². The lowest BCUT2D eigenvalue weighted by atomic mass is 9.70. The molecule has 0 radical (unpaired) electrons. The van der Waals surface area contributed by atoms with Crippen LogP contribution in [-0.2, 0) is 14.4 Å². The number of thioether (sulfide) groups is 1. The summed E-state index contributed by atoms with van der Waals surface area (Å²) in [7, 11) is 0. The van der Waals surface area contributed by atoms with Crippen molar-refractivity contribution in [3.63, 3.8) is 0 Å². The van der Waals surface area contributed by atoms with Crippen molar-refractivity contribution >= 4 is 68.4 Å². The molecule has 216 valence electrons. The van der Waals surface area contributed by atoms with Crippen molar-refractivity contribution in [2.45, 2.75) is 33.7 Å². The number of halogens is 2. The minimum atomic E-state index is -0.833. The van der Waals surface area contributed by atoms with Gasteiger partial charge in [0.05, 0.1) is 27.3 Å². The maximum Gasteiger partial charge on any atom is 0.251 e. The molecule has 2 bridgehead atoms. The second-order valence-corrected chi connectivity index (χ2v) is 13.7. The molecule has 3 aliphatic heterocycles. The van der Waals surface area contributed by atoms with E-state index in [0.717, 1.165) is 5.69 Å². The summed E-state index contributed by atoms with van der Waals surface area (Å²) in [5.41, 5.74) is 1.27. The standard InChI is InChI=1S/C31H33BrClN3O4S/c1-3-15-34(20-11-6-5-7-12-20)28(38)24-25-29(39)36(17-10-18-37)27(31(25)19-21(32)26(24)41-31)30(40)35(16-4-2)23-14-9-8-13-22(23)33/h3-9,11-14,21,24-27,37H,1-2,10,15-19H2/t21?,24-,25+,26-,27?,31?/m1/s1. The second kappa shape index (κ2) is 12.3. The zero-order valence-electron chi connectivity index (χ0n) is 22.6. The van der Waals surface area contributed by atoms with Crippen molar-refractivity contribution in [3.05, 3.63) is 84.9 Å².